The average molecular weight is 479 g/mol. The smallest absolute Gasteiger partial charge is 0.309 e. The van der Waals surface area contributed by atoms with Crippen LogP contribution in [0.3, 0.4) is 0 Å². The Kier molecular flexibility index (Phi) is 5.76. The number of nitrogens with zero attached hydrogens (tertiary/aromatic N) is 1. The van der Waals surface area contributed by atoms with Gasteiger partial charge in [-0.2, -0.15) is 0 Å². The van der Waals surface area contributed by atoms with Crippen LogP contribution in [0.2, 0.25) is 0 Å². The second-order valence-corrected chi connectivity index (χ2v) is 13.5. The molecule has 8 bridgehead atoms. The number of carbonyl (C=O) groups is 2. The highest BCUT2D eigenvalue weighted by Crippen LogP contribution is 2.61. The molecule has 0 atom stereocenters. The Balaban J connectivity index is 0.000000149. The molecule has 9 rings (SSSR count). The summed E-state index contributed by atoms with van der Waals surface area (Å²) in [7, 11) is 0. The number of amides is 1. The number of aryl methyl sites for hydroxylation is 2. The lowest BCUT2D eigenvalue weighted by atomic mass is 9.49. The van der Waals surface area contributed by atoms with E-state index >= 15 is 0 Å². The Bertz CT molecular complexity index is 944. The average Bonchev–Trinajstić information content (AvgIpc) is 2.77. The van der Waals surface area contributed by atoms with Crippen LogP contribution in [0.15, 0.2) is 12.1 Å². The Hall–Kier alpha value is -1.91. The molecule has 1 aromatic heterocycles. The van der Waals surface area contributed by atoms with Crippen molar-refractivity contribution in [2.75, 3.05) is 5.32 Å². The Morgan fingerprint density at radius 1 is 0.829 bits per heavy atom. The molecule has 0 spiro atoms. The Morgan fingerprint density at radius 3 is 1.66 bits per heavy atom. The fourth-order valence-electron chi connectivity index (χ4n) is 10.0. The monoisotopic (exact) mass is 478 g/mol. The van der Waals surface area contributed by atoms with E-state index in [1.165, 1.54) is 38.5 Å². The largest absolute Gasteiger partial charge is 0.481 e. The van der Waals surface area contributed by atoms with Crippen LogP contribution in [0.4, 0.5) is 5.69 Å². The first-order valence-corrected chi connectivity index (χ1v) is 14.3. The summed E-state index contributed by atoms with van der Waals surface area (Å²) in [4.78, 5) is 28.8. The highest BCUT2D eigenvalue weighted by Gasteiger charge is 2.55. The molecule has 0 unspecified atom stereocenters. The molecular weight excluding hydrogens is 436 g/mol. The van der Waals surface area contributed by atoms with E-state index in [1.807, 2.05) is 19.1 Å². The van der Waals surface area contributed by atoms with Gasteiger partial charge in [0.1, 0.15) is 0 Å². The van der Waals surface area contributed by atoms with Gasteiger partial charge in [-0.05, 0) is 138 Å². The van der Waals surface area contributed by atoms with E-state index in [1.54, 1.807) is 0 Å². The molecule has 1 heterocycles. The quantitative estimate of drug-likeness (QED) is 0.525. The van der Waals surface area contributed by atoms with Crippen molar-refractivity contribution < 1.29 is 14.7 Å². The molecule has 1 aromatic rings. The number of nitrogens with one attached hydrogen (secondary N) is 1. The number of rotatable bonds is 4. The van der Waals surface area contributed by atoms with Gasteiger partial charge in [-0.25, -0.2) is 0 Å². The van der Waals surface area contributed by atoms with Crippen molar-refractivity contribution in [3.63, 3.8) is 0 Å². The van der Waals surface area contributed by atoms with E-state index in [0.29, 0.717) is 0 Å². The lowest BCUT2D eigenvalue weighted by Gasteiger charge is -2.55. The molecule has 5 nitrogen and oxygen atoms in total. The number of carboxylic acid groups (broad SMARTS) is 1. The zero-order valence-electron chi connectivity index (χ0n) is 21.5. The zero-order chi connectivity index (χ0) is 24.4. The van der Waals surface area contributed by atoms with Gasteiger partial charge in [-0.15, -0.1) is 0 Å². The normalized spacial score (nSPS) is 41.9. The van der Waals surface area contributed by atoms with Crippen molar-refractivity contribution in [1.29, 1.82) is 0 Å². The van der Waals surface area contributed by atoms with Crippen LogP contribution >= 0.6 is 0 Å². The summed E-state index contributed by atoms with van der Waals surface area (Å²) >= 11 is 0. The summed E-state index contributed by atoms with van der Waals surface area (Å²) < 4.78 is 0. The molecule has 190 valence electrons. The van der Waals surface area contributed by atoms with Crippen LogP contribution in [0.1, 0.15) is 95.4 Å². The molecule has 8 fully saturated rings. The van der Waals surface area contributed by atoms with Crippen LogP contribution in [-0.4, -0.2) is 22.0 Å². The third-order valence-electron chi connectivity index (χ3n) is 10.6. The maximum atomic E-state index is 13.0. The summed E-state index contributed by atoms with van der Waals surface area (Å²) in [6.07, 6.45) is 15.3. The molecule has 8 aliphatic carbocycles. The van der Waals surface area contributed by atoms with Crippen LogP contribution in [0.25, 0.3) is 0 Å². The van der Waals surface area contributed by atoms with Gasteiger partial charge in [0.25, 0.3) is 0 Å². The van der Waals surface area contributed by atoms with Gasteiger partial charge in [0.2, 0.25) is 5.91 Å². The molecule has 1 amide bonds. The fraction of sp³-hybridized carbons (Fsp3) is 0.767. The number of pyridine rings is 1. The van der Waals surface area contributed by atoms with Crippen LogP contribution in [0.5, 0.6) is 0 Å². The molecular formula is C30H42N2O3. The SMILES string of the molecule is CCc1cc(NC(=O)C23CC4CC(CC(C4)C2)C3)cc(C)n1.O=C(O)C12CC3CC(CC(C3)C1)C2. The number of hydrogen-bond donors (Lipinski definition) is 2. The lowest BCUT2D eigenvalue weighted by molar-refractivity contribution is -0.164. The highest BCUT2D eigenvalue weighted by molar-refractivity contribution is 5.95. The van der Waals surface area contributed by atoms with Crippen molar-refractivity contribution in [2.24, 2.45) is 46.3 Å². The molecule has 0 aliphatic heterocycles. The summed E-state index contributed by atoms with van der Waals surface area (Å²) in [5.74, 6) is 4.45. The van der Waals surface area contributed by atoms with Gasteiger partial charge in [-0.1, -0.05) is 6.92 Å². The molecule has 0 saturated heterocycles. The third-order valence-corrected chi connectivity index (χ3v) is 10.6. The zero-order valence-corrected chi connectivity index (χ0v) is 21.5. The number of aliphatic carboxylic acids is 1. The van der Waals surface area contributed by atoms with E-state index in [2.05, 4.69) is 17.2 Å². The Labute approximate surface area is 209 Å². The number of hydrogen-bond acceptors (Lipinski definition) is 3. The van der Waals surface area contributed by atoms with E-state index in [4.69, 9.17) is 0 Å². The van der Waals surface area contributed by atoms with E-state index in [9.17, 15) is 14.7 Å². The van der Waals surface area contributed by atoms with Gasteiger partial charge >= 0.3 is 5.97 Å². The topological polar surface area (TPSA) is 79.3 Å². The van der Waals surface area contributed by atoms with Gasteiger partial charge in [0.15, 0.2) is 0 Å². The molecule has 5 heteroatoms. The predicted molar refractivity (Wildman–Crippen MR) is 136 cm³/mol. The lowest BCUT2D eigenvalue weighted by Crippen LogP contribution is -2.51. The highest BCUT2D eigenvalue weighted by atomic mass is 16.4. The molecule has 0 radical (unpaired) electrons. The fourth-order valence-corrected chi connectivity index (χ4v) is 10.0. The first kappa shape index (κ1) is 23.5. The Morgan fingerprint density at radius 2 is 1.26 bits per heavy atom. The van der Waals surface area contributed by atoms with Crippen LogP contribution < -0.4 is 5.32 Å². The van der Waals surface area contributed by atoms with E-state index in [-0.39, 0.29) is 16.7 Å². The number of carbonyl (C=O) groups excluding carboxylic acids is 1. The molecule has 0 aromatic carbocycles. The van der Waals surface area contributed by atoms with Crippen molar-refractivity contribution in [2.45, 2.75) is 97.3 Å². The van der Waals surface area contributed by atoms with Crippen molar-refractivity contribution >= 4 is 17.6 Å². The summed E-state index contributed by atoms with van der Waals surface area (Å²) in [6.45, 7) is 4.10. The summed E-state index contributed by atoms with van der Waals surface area (Å²) in [5, 5.41) is 12.5. The summed E-state index contributed by atoms with van der Waals surface area (Å²) in [6, 6.07) is 4.03. The van der Waals surface area contributed by atoms with Crippen LogP contribution in [-0.2, 0) is 16.0 Å². The number of anilines is 1. The first-order valence-electron chi connectivity index (χ1n) is 14.3. The first-order chi connectivity index (χ1) is 16.7. The molecule has 8 saturated carbocycles. The minimum atomic E-state index is -0.508. The van der Waals surface area contributed by atoms with Crippen molar-refractivity contribution in [1.82, 2.24) is 4.98 Å². The van der Waals surface area contributed by atoms with Crippen molar-refractivity contribution in [3.05, 3.63) is 23.5 Å². The summed E-state index contributed by atoms with van der Waals surface area (Å²) in [5.41, 5.74) is 2.62. The predicted octanol–water partition coefficient (Wildman–Crippen LogP) is 6.39. The number of aromatic nitrogens is 1. The van der Waals surface area contributed by atoms with E-state index < -0.39 is 5.97 Å². The van der Waals surface area contributed by atoms with Gasteiger partial charge in [0, 0.05) is 17.1 Å². The van der Waals surface area contributed by atoms with Gasteiger partial charge in [0.05, 0.1) is 10.8 Å². The molecule has 2 N–H and O–H groups in total. The van der Waals surface area contributed by atoms with Crippen molar-refractivity contribution in [3.8, 4) is 0 Å². The maximum Gasteiger partial charge on any atom is 0.309 e. The maximum absolute atomic E-state index is 13.0. The van der Waals surface area contributed by atoms with Gasteiger partial charge < -0.3 is 10.4 Å². The third kappa shape index (κ3) is 4.31. The van der Waals surface area contributed by atoms with Gasteiger partial charge in [-0.3, -0.25) is 14.6 Å². The molecule has 35 heavy (non-hydrogen) atoms. The minimum Gasteiger partial charge on any atom is -0.481 e. The second kappa shape index (κ2) is 8.59. The standard InChI is InChI=1S/C19H26N2O.C11H16O2/c1-3-16-8-17(4-12(2)20-16)21-18(22)19-9-13-5-14(10-19)7-15(6-13)11-19;12-10(13)11-4-7-1-8(5-11)3-9(2-7)6-11/h4,8,13-15H,3,5-7,9-11H2,1-2H3,(H,20,21,22);7-9H,1-6H2,(H,12,13). The second-order valence-electron chi connectivity index (χ2n) is 13.5. The number of carboxylic acids is 1. The van der Waals surface area contributed by atoms with Crippen LogP contribution in [0, 0.1) is 53.3 Å². The minimum absolute atomic E-state index is 0.0711. The molecule has 8 aliphatic rings. The van der Waals surface area contributed by atoms with E-state index in [0.717, 1.165) is 97.5 Å².